The van der Waals surface area contributed by atoms with Crippen molar-refractivity contribution < 1.29 is 19.5 Å². The summed E-state index contributed by atoms with van der Waals surface area (Å²) in [6.07, 6.45) is 0.599. The fourth-order valence-electron chi connectivity index (χ4n) is 2.04. The van der Waals surface area contributed by atoms with Crippen molar-refractivity contribution in [2.45, 2.75) is 18.9 Å². The van der Waals surface area contributed by atoms with Crippen molar-refractivity contribution in [1.82, 2.24) is 4.90 Å². The van der Waals surface area contributed by atoms with E-state index in [1.807, 2.05) is 0 Å². The van der Waals surface area contributed by atoms with Gasteiger partial charge < -0.3 is 10.8 Å². The molecule has 0 aliphatic carbocycles. The highest BCUT2D eigenvalue weighted by Gasteiger charge is 2.34. The first-order valence-corrected chi connectivity index (χ1v) is 5.96. The lowest BCUT2D eigenvalue weighted by Gasteiger charge is -2.14. The molecule has 6 heteroatoms. The second-order valence-electron chi connectivity index (χ2n) is 4.39. The molecule has 1 heterocycles. The number of hydrogen-bond donors (Lipinski definition) is 2. The Labute approximate surface area is 109 Å². The summed E-state index contributed by atoms with van der Waals surface area (Å²) < 4.78 is 0. The number of nitrogens with zero attached hydrogens (tertiary/aromatic N) is 1. The SMILES string of the molecule is NC(CCCN1C(=O)c2ccccc2C1=O)C(=O)O. The van der Waals surface area contributed by atoms with Crippen LogP contribution in [-0.4, -0.2) is 40.4 Å². The number of rotatable bonds is 5. The highest BCUT2D eigenvalue weighted by molar-refractivity contribution is 6.21. The summed E-state index contributed by atoms with van der Waals surface area (Å²) in [6.45, 7) is 0.188. The van der Waals surface area contributed by atoms with Gasteiger partial charge in [-0.15, -0.1) is 0 Å². The van der Waals surface area contributed by atoms with Crippen molar-refractivity contribution in [3.8, 4) is 0 Å². The normalized spacial score (nSPS) is 15.5. The van der Waals surface area contributed by atoms with E-state index in [0.29, 0.717) is 17.5 Å². The summed E-state index contributed by atoms with van der Waals surface area (Å²) in [7, 11) is 0. The Bertz CT molecular complexity index is 506. The highest BCUT2D eigenvalue weighted by Crippen LogP contribution is 2.22. The molecule has 1 aromatic rings. The summed E-state index contributed by atoms with van der Waals surface area (Å²) in [6, 6.07) is 5.66. The largest absolute Gasteiger partial charge is 0.480 e. The van der Waals surface area contributed by atoms with Gasteiger partial charge in [-0.3, -0.25) is 19.3 Å². The molecule has 1 unspecified atom stereocenters. The van der Waals surface area contributed by atoms with Crippen LogP contribution in [0.5, 0.6) is 0 Å². The first-order chi connectivity index (χ1) is 9.02. The molecule has 100 valence electrons. The molecule has 2 rings (SSSR count). The van der Waals surface area contributed by atoms with Gasteiger partial charge in [0.05, 0.1) is 11.1 Å². The number of fused-ring (bicyclic) bond motifs is 1. The third-order valence-corrected chi connectivity index (χ3v) is 3.09. The summed E-state index contributed by atoms with van der Waals surface area (Å²) in [5.74, 6) is -1.74. The molecule has 6 nitrogen and oxygen atoms in total. The van der Waals surface area contributed by atoms with E-state index >= 15 is 0 Å². The van der Waals surface area contributed by atoms with Crippen molar-refractivity contribution in [1.29, 1.82) is 0 Å². The number of hydrogen-bond acceptors (Lipinski definition) is 4. The standard InChI is InChI=1S/C13H14N2O4/c14-10(13(18)19)6-3-7-15-11(16)8-4-1-2-5-9(8)12(15)17/h1-2,4-5,10H,3,6-7,14H2,(H,18,19). The number of benzene rings is 1. The number of carbonyl (C=O) groups excluding carboxylic acids is 2. The van der Waals surface area contributed by atoms with Crippen LogP contribution in [0, 0.1) is 0 Å². The average Bonchev–Trinajstić information content (AvgIpc) is 2.64. The fraction of sp³-hybridized carbons (Fsp3) is 0.308. The van der Waals surface area contributed by atoms with Crippen molar-refractivity contribution >= 4 is 17.8 Å². The Kier molecular flexibility index (Phi) is 3.62. The van der Waals surface area contributed by atoms with Gasteiger partial charge in [0.1, 0.15) is 6.04 Å². The smallest absolute Gasteiger partial charge is 0.320 e. The fourth-order valence-corrected chi connectivity index (χ4v) is 2.04. The Morgan fingerprint density at radius 2 is 1.74 bits per heavy atom. The first-order valence-electron chi connectivity index (χ1n) is 5.96. The molecule has 0 bridgehead atoms. The third-order valence-electron chi connectivity index (χ3n) is 3.09. The Morgan fingerprint density at radius 1 is 1.21 bits per heavy atom. The topological polar surface area (TPSA) is 101 Å². The number of aliphatic carboxylic acids is 1. The number of carboxylic acids is 1. The molecule has 1 atom stereocenters. The van der Waals surface area contributed by atoms with Gasteiger partial charge in [-0.1, -0.05) is 12.1 Å². The van der Waals surface area contributed by atoms with Gasteiger partial charge in [0.15, 0.2) is 0 Å². The van der Waals surface area contributed by atoms with Gasteiger partial charge in [0, 0.05) is 6.54 Å². The number of carbonyl (C=O) groups is 3. The molecule has 1 aliphatic rings. The molecular weight excluding hydrogens is 248 g/mol. The molecule has 0 fully saturated rings. The van der Waals surface area contributed by atoms with E-state index < -0.39 is 12.0 Å². The predicted molar refractivity (Wildman–Crippen MR) is 66.7 cm³/mol. The lowest BCUT2D eigenvalue weighted by molar-refractivity contribution is -0.138. The molecule has 1 aliphatic heterocycles. The average molecular weight is 262 g/mol. The van der Waals surface area contributed by atoms with Crippen LogP contribution in [0.3, 0.4) is 0 Å². The summed E-state index contributed by atoms with van der Waals surface area (Å²) in [5, 5.41) is 8.65. The molecule has 0 radical (unpaired) electrons. The maximum absolute atomic E-state index is 12.0. The van der Waals surface area contributed by atoms with E-state index in [2.05, 4.69) is 0 Å². The van der Waals surface area contributed by atoms with Crippen molar-refractivity contribution in [3.05, 3.63) is 35.4 Å². The van der Waals surface area contributed by atoms with E-state index in [0.717, 1.165) is 4.90 Å². The van der Waals surface area contributed by atoms with Crippen LogP contribution in [-0.2, 0) is 4.79 Å². The molecule has 3 N–H and O–H groups in total. The van der Waals surface area contributed by atoms with E-state index in [9.17, 15) is 14.4 Å². The second kappa shape index (κ2) is 5.19. The van der Waals surface area contributed by atoms with Gasteiger partial charge in [-0.05, 0) is 25.0 Å². The highest BCUT2D eigenvalue weighted by atomic mass is 16.4. The number of carboxylic acid groups (broad SMARTS) is 1. The van der Waals surface area contributed by atoms with E-state index in [1.54, 1.807) is 24.3 Å². The molecule has 19 heavy (non-hydrogen) atoms. The van der Waals surface area contributed by atoms with E-state index in [-0.39, 0.29) is 24.8 Å². The zero-order valence-corrected chi connectivity index (χ0v) is 10.2. The molecule has 0 spiro atoms. The second-order valence-corrected chi connectivity index (χ2v) is 4.39. The van der Waals surface area contributed by atoms with Gasteiger partial charge in [0.2, 0.25) is 0 Å². The molecule has 0 aromatic heterocycles. The van der Waals surface area contributed by atoms with Crippen LogP contribution in [0.2, 0.25) is 0 Å². The van der Waals surface area contributed by atoms with Gasteiger partial charge >= 0.3 is 5.97 Å². The molecule has 0 saturated carbocycles. The number of imide groups is 1. The summed E-state index contributed by atoms with van der Waals surface area (Å²) in [5.41, 5.74) is 6.16. The van der Waals surface area contributed by atoms with Crippen LogP contribution in [0.25, 0.3) is 0 Å². The molecular formula is C13H14N2O4. The Balaban J connectivity index is 1.99. The maximum atomic E-state index is 12.0. The van der Waals surface area contributed by atoms with Crippen LogP contribution >= 0.6 is 0 Å². The number of nitrogens with two attached hydrogens (primary N) is 1. The predicted octanol–water partition coefficient (Wildman–Crippen LogP) is 0.475. The first kappa shape index (κ1) is 13.2. The van der Waals surface area contributed by atoms with Crippen LogP contribution in [0.15, 0.2) is 24.3 Å². The lowest BCUT2D eigenvalue weighted by atomic mass is 10.1. The van der Waals surface area contributed by atoms with Crippen molar-refractivity contribution in [3.63, 3.8) is 0 Å². The third kappa shape index (κ3) is 2.48. The van der Waals surface area contributed by atoms with E-state index in [4.69, 9.17) is 10.8 Å². The van der Waals surface area contributed by atoms with Gasteiger partial charge in [-0.25, -0.2) is 0 Å². The lowest BCUT2D eigenvalue weighted by Crippen LogP contribution is -2.34. The quantitative estimate of drug-likeness (QED) is 0.751. The molecule has 1 aromatic carbocycles. The van der Waals surface area contributed by atoms with Gasteiger partial charge in [0.25, 0.3) is 11.8 Å². The Morgan fingerprint density at radius 3 is 2.21 bits per heavy atom. The van der Waals surface area contributed by atoms with Crippen LogP contribution < -0.4 is 5.73 Å². The zero-order chi connectivity index (χ0) is 14.0. The Hall–Kier alpha value is -2.21. The minimum atomic E-state index is -1.08. The summed E-state index contributed by atoms with van der Waals surface area (Å²) in [4.78, 5) is 35.6. The molecule has 2 amide bonds. The van der Waals surface area contributed by atoms with E-state index in [1.165, 1.54) is 0 Å². The van der Waals surface area contributed by atoms with Gasteiger partial charge in [-0.2, -0.15) is 0 Å². The minimum absolute atomic E-state index is 0.188. The van der Waals surface area contributed by atoms with Crippen molar-refractivity contribution in [2.75, 3.05) is 6.54 Å². The molecule has 0 saturated heterocycles. The summed E-state index contributed by atoms with van der Waals surface area (Å²) >= 11 is 0. The van der Waals surface area contributed by atoms with Crippen LogP contribution in [0.4, 0.5) is 0 Å². The number of amides is 2. The van der Waals surface area contributed by atoms with Crippen LogP contribution in [0.1, 0.15) is 33.6 Å². The van der Waals surface area contributed by atoms with Crippen molar-refractivity contribution in [2.24, 2.45) is 5.73 Å². The minimum Gasteiger partial charge on any atom is -0.480 e. The zero-order valence-electron chi connectivity index (χ0n) is 10.2. The maximum Gasteiger partial charge on any atom is 0.320 e. The monoisotopic (exact) mass is 262 g/mol.